The first-order valence-corrected chi connectivity index (χ1v) is 2.78. The zero-order valence-electron chi connectivity index (χ0n) is 4.96. The Balaban J connectivity index is 0. The largest absolute Gasteiger partial charge is 0.412 e. The molecule has 1 aromatic carbocycles. The van der Waals surface area contributed by atoms with Gasteiger partial charge in [-0.05, 0) is 5.30 Å². The molecule has 0 heterocycles. The van der Waals surface area contributed by atoms with Crippen LogP contribution < -0.4 is 5.30 Å². The van der Waals surface area contributed by atoms with Crippen molar-refractivity contribution < 1.29 is 11.0 Å². The average molecular weight is 146 g/mol. The van der Waals surface area contributed by atoms with E-state index in [4.69, 9.17) is 0 Å². The molecule has 0 spiro atoms. The van der Waals surface area contributed by atoms with E-state index in [1.54, 1.807) is 0 Å². The lowest BCUT2D eigenvalue weighted by Crippen LogP contribution is -1.82. The fourth-order valence-electron chi connectivity index (χ4n) is 0.453. The van der Waals surface area contributed by atoms with Gasteiger partial charge in [0.25, 0.3) is 0 Å². The molecule has 0 aliphatic carbocycles. The second-order valence-corrected chi connectivity index (χ2v) is 2.08. The summed E-state index contributed by atoms with van der Waals surface area (Å²) in [5, 5.41) is 1.24. The number of hydrogen-bond acceptors (Lipinski definition) is 0. The van der Waals surface area contributed by atoms with Gasteiger partial charge in [0.2, 0.25) is 0 Å². The summed E-state index contributed by atoms with van der Waals surface area (Å²) in [5.74, 6) is 0. The van der Waals surface area contributed by atoms with E-state index in [0.717, 1.165) is 0 Å². The van der Waals surface area contributed by atoms with Crippen LogP contribution in [0, 0.1) is 0 Å². The topological polar surface area (TPSA) is 63.0 Å². The molecule has 0 saturated carbocycles. The summed E-state index contributed by atoms with van der Waals surface area (Å²) in [5.41, 5.74) is 0. The summed E-state index contributed by atoms with van der Waals surface area (Å²) in [6, 6.07) is 10.1. The van der Waals surface area contributed by atoms with Gasteiger partial charge in [-0.2, -0.15) is 0 Å². The minimum atomic E-state index is 0. The Morgan fingerprint density at radius 1 is 0.889 bits per heavy atom. The van der Waals surface area contributed by atoms with Gasteiger partial charge in [-0.3, -0.25) is 0 Å². The van der Waals surface area contributed by atoms with E-state index < -0.39 is 0 Å². The van der Waals surface area contributed by atoms with Gasteiger partial charge in [0, 0.05) is 0 Å². The molecule has 0 amide bonds. The lowest BCUT2D eigenvalue weighted by atomic mass is 10.4. The maximum absolute atomic E-state index is 2.63. The molecule has 52 valence electrons. The fraction of sp³-hybridized carbons (Fsp3) is 0. The third-order valence-electron chi connectivity index (χ3n) is 0.800. The Morgan fingerprint density at radius 3 is 1.56 bits per heavy atom. The third-order valence-corrected chi connectivity index (χ3v) is 1.18. The van der Waals surface area contributed by atoms with Crippen molar-refractivity contribution in [2.75, 3.05) is 0 Å². The van der Waals surface area contributed by atoms with E-state index in [2.05, 4.69) is 9.24 Å². The molecule has 0 aliphatic rings. The molecule has 0 saturated heterocycles. The van der Waals surface area contributed by atoms with Crippen LogP contribution in [0.4, 0.5) is 0 Å². The van der Waals surface area contributed by atoms with E-state index >= 15 is 0 Å². The molecule has 2 nitrogen and oxygen atoms in total. The molecule has 4 N–H and O–H groups in total. The Kier molecular flexibility index (Phi) is 7.21. The molecule has 9 heavy (non-hydrogen) atoms. The highest BCUT2D eigenvalue weighted by atomic mass is 31.0. The second-order valence-electron chi connectivity index (χ2n) is 1.41. The van der Waals surface area contributed by atoms with E-state index in [9.17, 15) is 0 Å². The van der Waals surface area contributed by atoms with Crippen molar-refractivity contribution in [2.45, 2.75) is 0 Å². The Bertz CT molecular complexity index is 141. The van der Waals surface area contributed by atoms with Crippen LogP contribution in [0.1, 0.15) is 0 Å². The molecule has 1 rings (SSSR count). The zero-order valence-corrected chi connectivity index (χ0v) is 6.12. The minimum absolute atomic E-state index is 0. The van der Waals surface area contributed by atoms with E-state index in [0.29, 0.717) is 0 Å². The monoisotopic (exact) mass is 146 g/mol. The van der Waals surface area contributed by atoms with Crippen molar-refractivity contribution in [3.8, 4) is 0 Å². The summed E-state index contributed by atoms with van der Waals surface area (Å²) in [6.45, 7) is 0. The van der Waals surface area contributed by atoms with Crippen molar-refractivity contribution in [2.24, 2.45) is 0 Å². The molecule has 0 fully saturated rings. The van der Waals surface area contributed by atoms with E-state index in [-0.39, 0.29) is 11.0 Å². The zero-order chi connectivity index (χ0) is 5.11. The minimum Gasteiger partial charge on any atom is -0.412 e. The third kappa shape index (κ3) is 4.10. The van der Waals surface area contributed by atoms with Crippen molar-refractivity contribution in [1.82, 2.24) is 0 Å². The highest BCUT2D eigenvalue weighted by Gasteiger charge is 1.72. The van der Waals surface area contributed by atoms with Crippen LogP contribution in [0.15, 0.2) is 30.3 Å². The van der Waals surface area contributed by atoms with Crippen molar-refractivity contribution in [3.63, 3.8) is 0 Å². The van der Waals surface area contributed by atoms with E-state index in [1.807, 2.05) is 30.3 Å². The average Bonchev–Trinajstić information content (AvgIpc) is 1.69. The predicted molar refractivity (Wildman–Crippen MR) is 43.0 cm³/mol. The Labute approximate surface area is 56.7 Å². The molecule has 1 aromatic rings. The lowest BCUT2D eigenvalue weighted by molar-refractivity contribution is 0.823. The predicted octanol–water partition coefficient (Wildman–Crippen LogP) is -0.462. The van der Waals surface area contributed by atoms with Crippen LogP contribution >= 0.6 is 9.24 Å². The molecule has 1 unspecified atom stereocenters. The summed E-state index contributed by atoms with van der Waals surface area (Å²) >= 11 is 0. The smallest absolute Gasteiger partial charge is 0.0303 e. The second kappa shape index (κ2) is 5.70. The van der Waals surface area contributed by atoms with Crippen LogP contribution in [0.5, 0.6) is 0 Å². The molecule has 0 aromatic heterocycles. The van der Waals surface area contributed by atoms with E-state index in [1.165, 1.54) is 5.30 Å². The maximum Gasteiger partial charge on any atom is -0.0303 e. The van der Waals surface area contributed by atoms with Crippen molar-refractivity contribution in [3.05, 3.63) is 30.3 Å². The number of benzene rings is 1. The number of rotatable bonds is 0. The summed E-state index contributed by atoms with van der Waals surface area (Å²) in [4.78, 5) is 0. The van der Waals surface area contributed by atoms with Gasteiger partial charge < -0.3 is 11.0 Å². The van der Waals surface area contributed by atoms with Gasteiger partial charge >= 0.3 is 0 Å². The van der Waals surface area contributed by atoms with Crippen LogP contribution in [-0.4, -0.2) is 11.0 Å². The fourth-order valence-corrected chi connectivity index (χ4v) is 0.675. The SMILES string of the molecule is O.O.Pc1ccccc1. The molecule has 3 heteroatoms. The first-order valence-electron chi connectivity index (χ1n) is 2.20. The van der Waals surface area contributed by atoms with Gasteiger partial charge in [0.15, 0.2) is 0 Å². The maximum atomic E-state index is 2.63. The molecule has 1 atom stereocenters. The quantitative estimate of drug-likeness (QED) is 0.444. The first kappa shape index (κ1) is 11.4. The highest BCUT2D eigenvalue weighted by molar-refractivity contribution is 7.27. The molecule has 0 aliphatic heterocycles. The lowest BCUT2D eigenvalue weighted by Gasteiger charge is -1.82. The standard InChI is InChI=1S/C6H7P.2H2O/c7-6-4-2-1-3-5-6;;/h1-5H,7H2;2*1H2. The number of hydrogen-bond donors (Lipinski definition) is 0. The molecular formula is C6H11O2P. The van der Waals surface area contributed by atoms with Gasteiger partial charge in [-0.25, -0.2) is 0 Å². The summed E-state index contributed by atoms with van der Waals surface area (Å²) < 4.78 is 0. The highest BCUT2D eigenvalue weighted by Crippen LogP contribution is 1.86. The van der Waals surface area contributed by atoms with Gasteiger partial charge in [0.1, 0.15) is 0 Å². The molecule has 0 bridgehead atoms. The van der Waals surface area contributed by atoms with Crippen LogP contribution in [0.3, 0.4) is 0 Å². The summed E-state index contributed by atoms with van der Waals surface area (Å²) in [6.07, 6.45) is 0. The van der Waals surface area contributed by atoms with Gasteiger partial charge in [0.05, 0.1) is 0 Å². The van der Waals surface area contributed by atoms with Crippen molar-refractivity contribution >= 4 is 14.5 Å². The summed E-state index contributed by atoms with van der Waals surface area (Å²) in [7, 11) is 2.63. The van der Waals surface area contributed by atoms with Crippen molar-refractivity contribution in [1.29, 1.82) is 0 Å². The normalized spacial score (nSPS) is 6.78. The van der Waals surface area contributed by atoms with Crippen LogP contribution in [-0.2, 0) is 0 Å². The first-order chi connectivity index (χ1) is 3.39. The van der Waals surface area contributed by atoms with Gasteiger partial charge in [-0.1, -0.05) is 30.3 Å². The Morgan fingerprint density at radius 2 is 1.33 bits per heavy atom. The van der Waals surface area contributed by atoms with Crippen LogP contribution in [0.25, 0.3) is 0 Å². The van der Waals surface area contributed by atoms with Crippen LogP contribution in [0.2, 0.25) is 0 Å². The molecular weight excluding hydrogens is 135 g/mol. The Hall–Kier alpha value is -0.430. The van der Waals surface area contributed by atoms with Gasteiger partial charge in [-0.15, -0.1) is 9.24 Å². The molecule has 0 radical (unpaired) electrons.